The third-order valence-electron chi connectivity index (χ3n) is 3.97. The topological polar surface area (TPSA) is 3.24 Å². The fourth-order valence-electron chi connectivity index (χ4n) is 2.76. The fourth-order valence-corrected chi connectivity index (χ4v) is 2.76. The lowest BCUT2D eigenvalue weighted by Crippen LogP contribution is -2.46. The van der Waals surface area contributed by atoms with E-state index in [1.807, 2.05) is 0 Å². The number of hydrogen-bond donors (Lipinski definition) is 0. The van der Waals surface area contributed by atoms with Crippen LogP contribution < -0.4 is 0 Å². The highest BCUT2D eigenvalue weighted by molar-refractivity contribution is 5.28. The Morgan fingerprint density at radius 3 is 2.55 bits per heavy atom. The van der Waals surface area contributed by atoms with Crippen LogP contribution in [0, 0.1) is 6.07 Å². The molecule has 0 bridgehead atoms. The third kappa shape index (κ3) is 3.54. The number of hydrogen-bond acceptors (Lipinski definition) is 1. The van der Waals surface area contributed by atoms with Crippen LogP contribution in [0.3, 0.4) is 0 Å². The molecule has 4 heteroatoms. The van der Waals surface area contributed by atoms with Crippen LogP contribution in [0.1, 0.15) is 50.7 Å². The Morgan fingerprint density at radius 1 is 1.25 bits per heavy atom. The monoisotopic (exact) mass is 284 g/mol. The molecule has 1 aliphatic rings. The summed E-state index contributed by atoms with van der Waals surface area (Å²) in [5, 5.41) is 0. The van der Waals surface area contributed by atoms with Gasteiger partial charge in [0.25, 0.3) is 0 Å². The maximum absolute atomic E-state index is 12.8. The molecule has 1 heterocycles. The molecular formula is C16H21F3N. The van der Waals surface area contributed by atoms with Crippen molar-refractivity contribution in [1.29, 1.82) is 0 Å². The van der Waals surface area contributed by atoms with Crippen molar-refractivity contribution >= 4 is 0 Å². The Labute approximate surface area is 118 Å². The normalized spacial score (nSPS) is 22.0. The molecule has 1 aromatic rings. The lowest BCUT2D eigenvalue weighted by atomic mass is 9.87. The maximum Gasteiger partial charge on any atom is 0.417 e. The Kier molecular flexibility index (Phi) is 4.14. The summed E-state index contributed by atoms with van der Waals surface area (Å²) in [6, 6.07) is 6.72. The summed E-state index contributed by atoms with van der Waals surface area (Å²) in [6.45, 7) is 8.29. The van der Waals surface area contributed by atoms with Gasteiger partial charge in [-0.05, 0) is 63.8 Å². The molecule has 0 saturated carbocycles. The summed E-state index contributed by atoms with van der Waals surface area (Å²) < 4.78 is 38.3. The zero-order valence-electron chi connectivity index (χ0n) is 12.2. The van der Waals surface area contributed by atoms with Gasteiger partial charge in [0.2, 0.25) is 0 Å². The molecule has 20 heavy (non-hydrogen) atoms. The van der Waals surface area contributed by atoms with Crippen molar-refractivity contribution in [3.05, 3.63) is 35.4 Å². The zero-order valence-corrected chi connectivity index (χ0v) is 12.2. The number of nitrogens with zero attached hydrogens (tertiary/aromatic N) is 1. The quantitative estimate of drug-likeness (QED) is 0.734. The van der Waals surface area contributed by atoms with Crippen LogP contribution in [0.4, 0.5) is 13.2 Å². The molecule has 2 rings (SSSR count). The van der Waals surface area contributed by atoms with E-state index < -0.39 is 11.7 Å². The summed E-state index contributed by atoms with van der Waals surface area (Å²) in [5.74, 6) is 0.179. The van der Waals surface area contributed by atoms with Crippen molar-refractivity contribution in [1.82, 2.24) is 4.90 Å². The Balaban J connectivity index is 2.19. The van der Waals surface area contributed by atoms with Gasteiger partial charge in [-0.2, -0.15) is 13.2 Å². The van der Waals surface area contributed by atoms with Gasteiger partial charge in [0, 0.05) is 12.1 Å². The lowest BCUT2D eigenvalue weighted by Gasteiger charge is -2.41. The molecule has 1 unspecified atom stereocenters. The molecule has 0 aromatic heterocycles. The summed E-state index contributed by atoms with van der Waals surface area (Å²) in [6.07, 6.45) is -2.33. The molecule has 1 aliphatic heterocycles. The zero-order chi connectivity index (χ0) is 15.0. The minimum atomic E-state index is -4.31. The molecule has 1 saturated heterocycles. The van der Waals surface area contributed by atoms with E-state index in [-0.39, 0.29) is 11.5 Å². The van der Waals surface area contributed by atoms with E-state index in [9.17, 15) is 13.2 Å². The SMILES string of the molecule is CC(C)(C)N1CCCC(c2cc[c]c(C(F)(F)F)c2)C1. The third-order valence-corrected chi connectivity index (χ3v) is 3.97. The number of halogens is 3. The standard InChI is InChI=1S/C16H21F3N/c1-15(2,3)20-9-5-7-13(11-20)12-6-4-8-14(10-12)16(17,18)19/h4,6,10,13H,5,7,9,11H2,1-3H3. The molecule has 1 nitrogen and oxygen atoms in total. The molecule has 111 valence electrons. The van der Waals surface area contributed by atoms with Crippen LogP contribution >= 0.6 is 0 Å². The van der Waals surface area contributed by atoms with Crippen LogP contribution in [-0.2, 0) is 6.18 Å². The second-order valence-corrected chi connectivity index (χ2v) is 6.49. The number of piperidine rings is 1. The largest absolute Gasteiger partial charge is 0.417 e. The van der Waals surface area contributed by atoms with Gasteiger partial charge in [-0.1, -0.05) is 12.1 Å². The van der Waals surface area contributed by atoms with Gasteiger partial charge in [-0.25, -0.2) is 0 Å². The molecule has 0 spiro atoms. The predicted octanol–water partition coefficient (Wildman–Crippen LogP) is 4.48. The second kappa shape index (κ2) is 5.40. The molecule has 0 amide bonds. The van der Waals surface area contributed by atoms with Crippen LogP contribution in [0.2, 0.25) is 0 Å². The molecule has 0 aliphatic carbocycles. The highest BCUT2D eigenvalue weighted by Gasteiger charge is 2.33. The average Bonchev–Trinajstić information content (AvgIpc) is 2.37. The van der Waals surface area contributed by atoms with E-state index in [2.05, 4.69) is 31.7 Å². The van der Waals surface area contributed by atoms with Crippen LogP contribution in [0.5, 0.6) is 0 Å². The van der Waals surface area contributed by atoms with Gasteiger partial charge in [0.15, 0.2) is 0 Å². The Hall–Kier alpha value is -1.03. The van der Waals surface area contributed by atoms with Crippen molar-refractivity contribution < 1.29 is 13.2 Å². The van der Waals surface area contributed by atoms with Crippen LogP contribution in [0.15, 0.2) is 18.2 Å². The predicted molar refractivity (Wildman–Crippen MR) is 73.6 cm³/mol. The first kappa shape index (κ1) is 15.4. The first-order valence-electron chi connectivity index (χ1n) is 7.02. The Bertz CT molecular complexity index is 460. The Morgan fingerprint density at radius 2 is 1.95 bits per heavy atom. The number of likely N-dealkylation sites (tertiary alicyclic amines) is 1. The van der Waals surface area contributed by atoms with Gasteiger partial charge in [0.05, 0.1) is 5.56 Å². The summed E-state index contributed by atoms with van der Waals surface area (Å²) >= 11 is 0. The van der Waals surface area contributed by atoms with Gasteiger partial charge in [-0.15, -0.1) is 0 Å². The first-order chi connectivity index (χ1) is 9.18. The number of benzene rings is 1. The van der Waals surface area contributed by atoms with E-state index in [1.165, 1.54) is 12.1 Å². The van der Waals surface area contributed by atoms with E-state index in [1.54, 1.807) is 6.07 Å². The number of rotatable bonds is 1. The average molecular weight is 284 g/mol. The summed E-state index contributed by atoms with van der Waals surface area (Å²) in [5.41, 5.74) is 0.180. The highest BCUT2D eigenvalue weighted by Crippen LogP contribution is 2.34. The van der Waals surface area contributed by atoms with E-state index >= 15 is 0 Å². The maximum atomic E-state index is 12.8. The van der Waals surface area contributed by atoms with Crippen molar-refractivity contribution in [3.8, 4) is 0 Å². The van der Waals surface area contributed by atoms with Gasteiger partial charge >= 0.3 is 6.18 Å². The highest BCUT2D eigenvalue weighted by atomic mass is 19.4. The molecular weight excluding hydrogens is 263 g/mol. The summed E-state index contributed by atoms with van der Waals surface area (Å²) in [7, 11) is 0. The van der Waals surface area contributed by atoms with Crippen molar-refractivity contribution in [2.45, 2.75) is 51.2 Å². The van der Waals surface area contributed by atoms with Crippen molar-refractivity contribution in [3.63, 3.8) is 0 Å². The molecule has 1 radical (unpaired) electrons. The molecule has 1 fully saturated rings. The van der Waals surface area contributed by atoms with Gasteiger partial charge in [0.1, 0.15) is 0 Å². The lowest BCUT2D eigenvalue weighted by molar-refractivity contribution is -0.137. The summed E-state index contributed by atoms with van der Waals surface area (Å²) in [4.78, 5) is 2.35. The minimum Gasteiger partial charge on any atom is -0.298 e. The second-order valence-electron chi connectivity index (χ2n) is 6.49. The van der Waals surface area contributed by atoms with E-state index in [4.69, 9.17) is 0 Å². The van der Waals surface area contributed by atoms with E-state index in [0.29, 0.717) is 0 Å². The van der Waals surface area contributed by atoms with Crippen LogP contribution in [-0.4, -0.2) is 23.5 Å². The smallest absolute Gasteiger partial charge is 0.298 e. The molecule has 0 N–H and O–H groups in total. The van der Waals surface area contributed by atoms with Crippen LogP contribution in [0.25, 0.3) is 0 Å². The molecule has 1 atom stereocenters. The van der Waals surface area contributed by atoms with Gasteiger partial charge < -0.3 is 0 Å². The van der Waals surface area contributed by atoms with Crippen molar-refractivity contribution in [2.75, 3.05) is 13.1 Å². The minimum absolute atomic E-state index is 0.0619. The first-order valence-corrected chi connectivity index (χ1v) is 7.02. The fraction of sp³-hybridized carbons (Fsp3) is 0.625. The number of alkyl halides is 3. The van der Waals surface area contributed by atoms with Gasteiger partial charge in [-0.3, -0.25) is 4.90 Å². The van der Waals surface area contributed by atoms with E-state index in [0.717, 1.165) is 31.5 Å². The molecule has 1 aromatic carbocycles. The van der Waals surface area contributed by atoms with Crippen molar-refractivity contribution in [2.24, 2.45) is 0 Å².